The van der Waals surface area contributed by atoms with Gasteiger partial charge >= 0.3 is 12.2 Å². The Hall–Kier alpha value is -0.590. The Kier molecular flexibility index (Phi) is 9.92. The maximum Gasteiger partial charge on any atom is 0.430 e. The first-order valence-corrected chi connectivity index (χ1v) is 12.9. The second-order valence-corrected chi connectivity index (χ2v) is 13.8. The lowest BCUT2D eigenvalue weighted by molar-refractivity contribution is 0.0339. The molecule has 186 valence electrons. The van der Waals surface area contributed by atoms with E-state index in [9.17, 15) is 18.0 Å². The van der Waals surface area contributed by atoms with Gasteiger partial charge in [0.15, 0.2) is 0 Å². The SMILES string of the molecule is Cc1ccc(S(=O)(=O)N2CCCC2N(NC(=O)OCC(Cl)(Cl)Cl)C(=O)OCC(Cl)(Cl)Cl)cc1. The standard InChI is InChI=1S/C17H19Cl6N3O6S/c1-11-4-6-12(7-5-11)33(29,30)25-8-2-3-13(25)26(15(28)32-10-17(21,22)23)24-14(27)31-9-16(18,19)20/h4-7,13H,2-3,8-10H2,1H3,(H,24,27). The highest BCUT2D eigenvalue weighted by molar-refractivity contribution is 7.89. The molecule has 2 rings (SSSR count). The molecule has 1 fully saturated rings. The molecule has 1 atom stereocenters. The van der Waals surface area contributed by atoms with E-state index in [-0.39, 0.29) is 17.9 Å². The third-order valence-electron chi connectivity index (χ3n) is 4.23. The molecule has 1 aliphatic heterocycles. The Morgan fingerprint density at radius 3 is 2.15 bits per heavy atom. The molecule has 0 radical (unpaired) electrons. The van der Waals surface area contributed by atoms with E-state index in [1.165, 1.54) is 12.1 Å². The summed E-state index contributed by atoms with van der Waals surface area (Å²) in [5.74, 6) is 0. The maximum atomic E-state index is 13.2. The molecule has 33 heavy (non-hydrogen) atoms. The maximum absolute atomic E-state index is 13.2. The molecule has 1 N–H and O–H groups in total. The van der Waals surface area contributed by atoms with Crippen molar-refractivity contribution in [1.82, 2.24) is 14.7 Å². The minimum Gasteiger partial charge on any atom is -0.444 e. The summed E-state index contributed by atoms with van der Waals surface area (Å²) in [5, 5.41) is 0.635. The highest BCUT2D eigenvalue weighted by Gasteiger charge is 2.43. The second kappa shape index (κ2) is 11.4. The van der Waals surface area contributed by atoms with Crippen molar-refractivity contribution < 1.29 is 27.5 Å². The van der Waals surface area contributed by atoms with Gasteiger partial charge in [0.2, 0.25) is 17.6 Å². The fraction of sp³-hybridized carbons (Fsp3) is 0.529. The summed E-state index contributed by atoms with van der Waals surface area (Å²) in [7, 11) is -4.05. The van der Waals surface area contributed by atoms with Crippen molar-refractivity contribution >= 4 is 91.8 Å². The van der Waals surface area contributed by atoms with Crippen LogP contribution in [0.1, 0.15) is 18.4 Å². The van der Waals surface area contributed by atoms with Crippen molar-refractivity contribution in [2.24, 2.45) is 0 Å². The fourth-order valence-electron chi connectivity index (χ4n) is 2.84. The first kappa shape index (κ1) is 28.6. The molecule has 0 bridgehead atoms. The van der Waals surface area contributed by atoms with Crippen LogP contribution in [0.3, 0.4) is 0 Å². The van der Waals surface area contributed by atoms with Crippen LogP contribution in [-0.2, 0) is 19.5 Å². The number of benzene rings is 1. The van der Waals surface area contributed by atoms with Crippen LogP contribution in [0.2, 0.25) is 0 Å². The van der Waals surface area contributed by atoms with Crippen LogP contribution in [-0.4, -0.2) is 63.4 Å². The second-order valence-electron chi connectivity index (χ2n) is 6.89. The van der Waals surface area contributed by atoms with Gasteiger partial charge in [0.05, 0.1) is 4.90 Å². The molecule has 1 heterocycles. The largest absolute Gasteiger partial charge is 0.444 e. The number of sulfonamides is 1. The van der Waals surface area contributed by atoms with Gasteiger partial charge < -0.3 is 9.47 Å². The van der Waals surface area contributed by atoms with Crippen LogP contribution in [0, 0.1) is 6.92 Å². The van der Waals surface area contributed by atoms with Crippen molar-refractivity contribution in [3.8, 4) is 0 Å². The zero-order valence-electron chi connectivity index (χ0n) is 16.9. The normalized spacial score (nSPS) is 17.5. The predicted octanol–water partition coefficient (Wildman–Crippen LogP) is 4.93. The molecule has 0 aromatic heterocycles. The van der Waals surface area contributed by atoms with Crippen LogP contribution in [0.5, 0.6) is 0 Å². The van der Waals surface area contributed by atoms with Crippen molar-refractivity contribution in [1.29, 1.82) is 0 Å². The quantitative estimate of drug-likeness (QED) is 0.377. The summed E-state index contributed by atoms with van der Waals surface area (Å²) in [6, 6.07) is 6.15. The number of rotatable bonds is 5. The lowest BCUT2D eigenvalue weighted by Gasteiger charge is -2.33. The molecule has 2 amide bonds. The number of hydrogen-bond donors (Lipinski definition) is 1. The van der Waals surface area contributed by atoms with Gasteiger partial charge in [-0.15, -0.1) is 0 Å². The number of carbonyl (C=O) groups is 2. The van der Waals surface area contributed by atoms with E-state index < -0.39 is 49.2 Å². The van der Waals surface area contributed by atoms with E-state index in [4.69, 9.17) is 79.1 Å². The number of aryl methyl sites for hydroxylation is 1. The number of hydrogen-bond acceptors (Lipinski definition) is 6. The number of nitrogens with one attached hydrogen (secondary N) is 1. The zero-order valence-corrected chi connectivity index (χ0v) is 22.3. The number of amides is 2. The Bertz CT molecular complexity index is 951. The van der Waals surface area contributed by atoms with E-state index in [0.29, 0.717) is 11.4 Å². The average molecular weight is 606 g/mol. The summed E-state index contributed by atoms with van der Waals surface area (Å²) < 4.78 is 33.4. The highest BCUT2D eigenvalue weighted by atomic mass is 35.6. The third kappa shape index (κ3) is 8.85. The molecule has 0 spiro atoms. The van der Waals surface area contributed by atoms with E-state index in [0.717, 1.165) is 9.87 Å². The molecule has 1 aliphatic rings. The third-order valence-corrected chi connectivity index (χ3v) is 6.80. The molecule has 0 aliphatic carbocycles. The summed E-state index contributed by atoms with van der Waals surface area (Å²) in [6.45, 7) is 0.566. The zero-order chi connectivity index (χ0) is 25.0. The molecule has 1 aromatic carbocycles. The van der Waals surface area contributed by atoms with Crippen LogP contribution in [0.25, 0.3) is 0 Å². The predicted molar refractivity (Wildman–Crippen MR) is 126 cm³/mol. The molecule has 16 heteroatoms. The first-order chi connectivity index (χ1) is 15.1. The van der Waals surface area contributed by atoms with Gasteiger partial charge in [-0.25, -0.2) is 23.4 Å². The number of nitrogens with zero attached hydrogens (tertiary/aromatic N) is 2. The van der Waals surface area contributed by atoms with Gasteiger partial charge in [0.25, 0.3) is 0 Å². The topological polar surface area (TPSA) is 105 Å². The van der Waals surface area contributed by atoms with Crippen molar-refractivity contribution in [2.75, 3.05) is 19.8 Å². The Balaban J connectivity index is 2.30. The Morgan fingerprint density at radius 1 is 1.06 bits per heavy atom. The summed E-state index contributed by atoms with van der Waals surface area (Å²) in [5.41, 5.74) is 2.98. The van der Waals surface area contributed by atoms with Crippen molar-refractivity contribution in [2.45, 2.75) is 38.4 Å². The number of carbonyl (C=O) groups excluding carboxylic acids is 2. The molecule has 1 aromatic rings. The molecule has 1 saturated heterocycles. The van der Waals surface area contributed by atoms with Crippen LogP contribution < -0.4 is 5.43 Å². The molecular formula is C17H19Cl6N3O6S. The van der Waals surface area contributed by atoms with Gasteiger partial charge in [0, 0.05) is 6.54 Å². The van der Waals surface area contributed by atoms with Gasteiger partial charge in [-0.1, -0.05) is 87.3 Å². The van der Waals surface area contributed by atoms with Gasteiger partial charge in [-0.2, -0.15) is 9.31 Å². The molecular weight excluding hydrogens is 587 g/mol. The molecule has 1 unspecified atom stereocenters. The van der Waals surface area contributed by atoms with Crippen LogP contribution in [0.4, 0.5) is 9.59 Å². The van der Waals surface area contributed by atoms with Gasteiger partial charge in [-0.05, 0) is 31.9 Å². The monoisotopic (exact) mass is 603 g/mol. The first-order valence-electron chi connectivity index (χ1n) is 9.21. The smallest absolute Gasteiger partial charge is 0.430 e. The van der Waals surface area contributed by atoms with Crippen LogP contribution >= 0.6 is 69.6 Å². The number of alkyl halides is 6. The average Bonchev–Trinajstić information content (AvgIpc) is 3.18. The van der Waals surface area contributed by atoms with E-state index >= 15 is 0 Å². The van der Waals surface area contributed by atoms with Gasteiger partial charge in [0.1, 0.15) is 19.4 Å². The fourth-order valence-corrected chi connectivity index (χ4v) is 4.81. The minimum absolute atomic E-state index is 0.00777. The van der Waals surface area contributed by atoms with E-state index in [2.05, 4.69) is 5.43 Å². The summed E-state index contributed by atoms with van der Waals surface area (Å²) >= 11 is 33.5. The summed E-state index contributed by atoms with van der Waals surface area (Å²) in [6.07, 6.45) is -3.01. The number of halogens is 6. The number of ether oxygens (including phenoxy) is 2. The lowest BCUT2D eigenvalue weighted by atomic mass is 10.2. The minimum atomic E-state index is -4.05. The Labute approximate surface area is 221 Å². The van der Waals surface area contributed by atoms with Crippen molar-refractivity contribution in [3.63, 3.8) is 0 Å². The lowest BCUT2D eigenvalue weighted by Crippen LogP contribution is -2.58. The number of hydrazine groups is 1. The van der Waals surface area contributed by atoms with E-state index in [1.807, 2.05) is 6.92 Å². The molecule has 0 saturated carbocycles. The Morgan fingerprint density at radius 2 is 1.61 bits per heavy atom. The van der Waals surface area contributed by atoms with Crippen molar-refractivity contribution in [3.05, 3.63) is 29.8 Å². The van der Waals surface area contributed by atoms with Crippen LogP contribution in [0.15, 0.2) is 29.2 Å². The molecule has 9 nitrogen and oxygen atoms in total. The van der Waals surface area contributed by atoms with Gasteiger partial charge in [-0.3, -0.25) is 0 Å². The highest BCUT2D eigenvalue weighted by Crippen LogP contribution is 2.30. The summed E-state index contributed by atoms with van der Waals surface area (Å²) in [4.78, 5) is 25.0. The van der Waals surface area contributed by atoms with E-state index in [1.54, 1.807) is 12.1 Å².